The lowest BCUT2D eigenvalue weighted by Gasteiger charge is -2.10. The number of carbonyl (C=O) groups is 1. The lowest BCUT2D eigenvalue weighted by molar-refractivity contribution is 0.0600. The zero-order valence-electron chi connectivity index (χ0n) is 11.0. The summed E-state index contributed by atoms with van der Waals surface area (Å²) in [6, 6.07) is 8.23. The van der Waals surface area contributed by atoms with Crippen LogP contribution in [-0.4, -0.2) is 13.1 Å². The average Bonchev–Trinajstić information content (AvgIpc) is 2.47. The largest absolute Gasteiger partial charge is 0.483 e. The van der Waals surface area contributed by atoms with Gasteiger partial charge < -0.3 is 9.47 Å². The third-order valence-corrected chi connectivity index (χ3v) is 3.50. The van der Waals surface area contributed by atoms with Crippen molar-refractivity contribution in [3.05, 3.63) is 63.6 Å². The Hall–Kier alpha value is -1.95. The van der Waals surface area contributed by atoms with Crippen molar-refractivity contribution < 1.29 is 23.0 Å². The molecule has 6 heteroatoms. The van der Waals surface area contributed by atoms with Crippen LogP contribution in [0, 0.1) is 11.6 Å². The Balaban J connectivity index is 2.16. The van der Waals surface area contributed by atoms with E-state index in [1.54, 1.807) is 18.2 Å². The second-order valence-electron chi connectivity index (χ2n) is 4.14. The van der Waals surface area contributed by atoms with Gasteiger partial charge in [-0.25, -0.2) is 13.6 Å². The van der Waals surface area contributed by atoms with E-state index in [9.17, 15) is 13.6 Å². The maximum absolute atomic E-state index is 13.4. The predicted molar refractivity (Wildman–Crippen MR) is 76.2 cm³/mol. The summed E-state index contributed by atoms with van der Waals surface area (Å²) in [5, 5.41) is 0. The van der Waals surface area contributed by atoms with Gasteiger partial charge in [0.25, 0.3) is 0 Å². The number of hydrogen-bond donors (Lipinski definition) is 0. The van der Waals surface area contributed by atoms with Crippen LogP contribution in [0.2, 0.25) is 0 Å². The van der Waals surface area contributed by atoms with Crippen molar-refractivity contribution in [2.24, 2.45) is 0 Å². The van der Waals surface area contributed by atoms with Crippen LogP contribution in [0.4, 0.5) is 8.78 Å². The van der Waals surface area contributed by atoms with E-state index in [0.717, 1.165) is 12.1 Å². The molecule has 0 spiro atoms. The molecular formula is C15H11BrF2O3. The predicted octanol–water partition coefficient (Wildman–Crippen LogP) is 4.09. The molecule has 3 nitrogen and oxygen atoms in total. The van der Waals surface area contributed by atoms with E-state index in [2.05, 4.69) is 20.7 Å². The van der Waals surface area contributed by atoms with Gasteiger partial charge in [-0.1, -0.05) is 28.1 Å². The molecule has 0 saturated carbocycles. The second kappa shape index (κ2) is 6.67. The number of halogens is 3. The molecule has 0 aliphatic carbocycles. The molecule has 0 bridgehead atoms. The van der Waals surface area contributed by atoms with Gasteiger partial charge in [0.2, 0.25) is 0 Å². The fourth-order valence-electron chi connectivity index (χ4n) is 1.68. The van der Waals surface area contributed by atoms with Crippen molar-refractivity contribution in [1.29, 1.82) is 0 Å². The molecule has 0 aliphatic heterocycles. The molecular weight excluding hydrogens is 346 g/mol. The Kier molecular flexibility index (Phi) is 4.90. The molecule has 0 atom stereocenters. The minimum Gasteiger partial charge on any atom is -0.483 e. The fraction of sp³-hybridized carbons (Fsp3) is 0.133. The molecule has 2 aromatic rings. The van der Waals surface area contributed by atoms with Crippen molar-refractivity contribution in [2.45, 2.75) is 6.61 Å². The molecule has 0 amide bonds. The van der Waals surface area contributed by atoms with Gasteiger partial charge in [0.15, 0.2) is 17.4 Å². The summed E-state index contributed by atoms with van der Waals surface area (Å²) in [6.45, 7) is -0.0418. The molecule has 0 saturated heterocycles. The van der Waals surface area contributed by atoms with Gasteiger partial charge in [0.1, 0.15) is 6.61 Å². The van der Waals surface area contributed by atoms with E-state index in [-0.39, 0.29) is 6.61 Å². The van der Waals surface area contributed by atoms with Gasteiger partial charge in [0, 0.05) is 10.0 Å². The lowest BCUT2D eigenvalue weighted by atomic mass is 10.1. The highest BCUT2D eigenvalue weighted by Crippen LogP contribution is 2.25. The highest BCUT2D eigenvalue weighted by Gasteiger charge is 2.12. The minimum atomic E-state index is -0.766. The molecule has 0 radical (unpaired) electrons. The van der Waals surface area contributed by atoms with Crippen LogP contribution in [0.15, 0.2) is 40.9 Å². The van der Waals surface area contributed by atoms with Crippen LogP contribution < -0.4 is 4.74 Å². The number of rotatable bonds is 4. The monoisotopic (exact) mass is 356 g/mol. The first-order valence-electron chi connectivity index (χ1n) is 5.96. The highest BCUT2D eigenvalue weighted by atomic mass is 79.9. The number of para-hydroxylation sites is 1. The first kappa shape index (κ1) is 15.4. The smallest absolute Gasteiger partial charge is 0.337 e. The van der Waals surface area contributed by atoms with Crippen molar-refractivity contribution in [3.8, 4) is 5.75 Å². The van der Waals surface area contributed by atoms with E-state index < -0.39 is 23.4 Å². The van der Waals surface area contributed by atoms with Crippen molar-refractivity contribution in [3.63, 3.8) is 0 Å². The Morgan fingerprint density at radius 1 is 1.19 bits per heavy atom. The third kappa shape index (κ3) is 3.58. The van der Waals surface area contributed by atoms with Gasteiger partial charge in [0.05, 0.1) is 12.7 Å². The molecule has 0 N–H and O–H groups in total. The quantitative estimate of drug-likeness (QED) is 0.774. The zero-order valence-corrected chi connectivity index (χ0v) is 12.6. The summed E-state index contributed by atoms with van der Waals surface area (Å²) < 4.78 is 37.2. The SMILES string of the molecule is COC(=O)c1ccc(COc2c(F)cccc2F)c(Br)c1. The lowest BCUT2D eigenvalue weighted by Crippen LogP contribution is -2.04. The summed E-state index contributed by atoms with van der Waals surface area (Å²) in [4.78, 5) is 11.4. The number of ether oxygens (including phenoxy) is 2. The van der Waals surface area contributed by atoms with E-state index in [1.165, 1.54) is 13.2 Å². The van der Waals surface area contributed by atoms with Crippen molar-refractivity contribution in [2.75, 3.05) is 7.11 Å². The van der Waals surface area contributed by atoms with Crippen LogP contribution in [-0.2, 0) is 11.3 Å². The van der Waals surface area contributed by atoms with Crippen LogP contribution in [0.1, 0.15) is 15.9 Å². The molecule has 0 unspecified atom stereocenters. The maximum atomic E-state index is 13.4. The first-order chi connectivity index (χ1) is 10.0. The molecule has 0 fully saturated rings. The third-order valence-electron chi connectivity index (χ3n) is 2.77. The van der Waals surface area contributed by atoms with Crippen molar-refractivity contribution in [1.82, 2.24) is 0 Å². The number of esters is 1. The number of carbonyl (C=O) groups excluding carboxylic acids is 1. The van der Waals surface area contributed by atoms with Crippen LogP contribution in [0.5, 0.6) is 5.75 Å². The van der Waals surface area contributed by atoms with Gasteiger partial charge in [-0.15, -0.1) is 0 Å². The van der Waals surface area contributed by atoms with E-state index in [0.29, 0.717) is 15.6 Å². The molecule has 0 aliphatic rings. The van der Waals surface area contributed by atoms with Crippen LogP contribution in [0.25, 0.3) is 0 Å². The highest BCUT2D eigenvalue weighted by molar-refractivity contribution is 9.10. The minimum absolute atomic E-state index is 0.0418. The van der Waals surface area contributed by atoms with E-state index >= 15 is 0 Å². The van der Waals surface area contributed by atoms with Crippen LogP contribution in [0.3, 0.4) is 0 Å². The number of hydrogen-bond acceptors (Lipinski definition) is 3. The summed E-state index contributed by atoms with van der Waals surface area (Å²) in [5.74, 6) is -2.43. The second-order valence-corrected chi connectivity index (χ2v) is 4.99. The molecule has 21 heavy (non-hydrogen) atoms. The number of methoxy groups -OCH3 is 1. The topological polar surface area (TPSA) is 35.5 Å². The molecule has 110 valence electrons. The average molecular weight is 357 g/mol. The standard InChI is InChI=1S/C15H11BrF2O3/c1-20-15(19)9-5-6-10(11(16)7-9)8-21-14-12(17)3-2-4-13(14)18/h2-7H,8H2,1H3. The zero-order chi connectivity index (χ0) is 15.4. The summed E-state index contributed by atoms with van der Waals surface area (Å²) in [7, 11) is 1.29. The van der Waals surface area contributed by atoms with Crippen LogP contribution >= 0.6 is 15.9 Å². The summed E-state index contributed by atoms with van der Waals surface area (Å²) in [6.07, 6.45) is 0. The Morgan fingerprint density at radius 2 is 1.86 bits per heavy atom. The number of benzene rings is 2. The summed E-state index contributed by atoms with van der Waals surface area (Å²) >= 11 is 3.28. The molecule has 0 aromatic heterocycles. The van der Waals surface area contributed by atoms with Crippen molar-refractivity contribution >= 4 is 21.9 Å². The Labute approximate surface area is 128 Å². The Morgan fingerprint density at radius 3 is 2.43 bits per heavy atom. The first-order valence-corrected chi connectivity index (χ1v) is 6.75. The Bertz CT molecular complexity index is 654. The maximum Gasteiger partial charge on any atom is 0.337 e. The molecule has 2 rings (SSSR count). The van der Waals surface area contributed by atoms with E-state index in [4.69, 9.17) is 4.74 Å². The van der Waals surface area contributed by atoms with Gasteiger partial charge in [-0.2, -0.15) is 0 Å². The van der Waals surface area contributed by atoms with E-state index in [1.807, 2.05) is 0 Å². The fourth-order valence-corrected chi connectivity index (χ4v) is 2.17. The molecule has 2 aromatic carbocycles. The van der Waals surface area contributed by atoms with Gasteiger partial charge in [-0.3, -0.25) is 0 Å². The van der Waals surface area contributed by atoms with Gasteiger partial charge >= 0.3 is 5.97 Å². The summed E-state index contributed by atoms with van der Waals surface area (Å²) in [5.41, 5.74) is 1.01. The molecule has 0 heterocycles. The van der Waals surface area contributed by atoms with Gasteiger partial charge in [-0.05, 0) is 24.3 Å². The normalized spacial score (nSPS) is 10.3.